The molecule has 1 N–H and O–H groups in total. The van der Waals surface area contributed by atoms with Gasteiger partial charge in [-0.25, -0.2) is 8.42 Å². The molecule has 8 nitrogen and oxygen atoms in total. The number of morpholine rings is 1. The van der Waals surface area contributed by atoms with Crippen molar-refractivity contribution in [3.05, 3.63) is 24.3 Å². The van der Waals surface area contributed by atoms with Crippen LogP contribution in [0, 0.1) is 5.92 Å². The van der Waals surface area contributed by atoms with Gasteiger partial charge >= 0.3 is 0 Å². The quantitative estimate of drug-likeness (QED) is 0.663. The first-order valence-electron chi connectivity index (χ1n) is 11.9. The van der Waals surface area contributed by atoms with Crippen LogP contribution in [0.5, 0.6) is 0 Å². The van der Waals surface area contributed by atoms with Gasteiger partial charge in [0, 0.05) is 51.5 Å². The molecule has 0 spiro atoms. The Morgan fingerprint density at radius 2 is 1.53 bits per heavy atom. The van der Waals surface area contributed by atoms with E-state index in [0.29, 0.717) is 38.5 Å². The molecule has 0 aromatic heterocycles. The van der Waals surface area contributed by atoms with Crippen molar-refractivity contribution in [3.63, 3.8) is 0 Å². The third-order valence-electron chi connectivity index (χ3n) is 6.82. The molecular formula is C23H36N4O4S. The first-order valence-corrected chi connectivity index (χ1v) is 13.4. The zero-order chi connectivity index (χ0) is 22.4. The Hall–Kier alpha value is -1.52. The van der Waals surface area contributed by atoms with Gasteiger partial charge in [0.05, 0.1) is 24.7 Å². The van der Waals surface area contributed by atoms with Crippen molar-refractivity contribution in [1.82, 2.24) is 14.1 Å². The van der Waals surface area contributed by atoms with E-state index in [1.165, 1.54) is 43.0 Å². The summed E-state index contributed by atoms with van der Waals surface area (Å²) in [4.78, 5) is 17.5. The minimum atomic E-state index is -3.52. The fourth-order valence-corrected chi connectivity index (χ4v) is 6.32. The third kappa shape index (κ3) is 6.29. The molecule has 3 fully saturated rings. The van der Waals surface area contributed by atoms with E-state index >= 15 is 0 Å². The Kier molecular flexibility index (Phi) is 8.17. The molecule has 0 atom stereocenters. The van der Waals surface area contributed by atoms with Crippen molar-refractivity contribution in [2.45, 2.75) is 37.0 Å². The molecule has 9 heteroatoms. The van der Waals surface area contributed by atoms with Crippen LogP contribution in [0.2, 0.25) is 0 Å². The number of sulfonamides is 1. The second-order valence-electron chi connectivity index (χ2n) is 9.17. The summed E-state index contributed by atoms with van der Waals surface area (Å²) in [7, 11) is -3.52. The number of carbonyl (C=O) groups excluding carboxylic acids is 1. The zero-order valence-electron chi connectivity index (χ0n) is 18.9. The third-order valence-corrected chi connectivity index (χ3v) is 8.73. The average Bonchev–Trinajstić information content (AvgIpc) is 2.82. The molecular weight excluding hydrogens is 428 g/mol. The summed E-state index contributed by atoms with van der Waals surface area (Å²) >= 11 is 0. The molecule has 1 aliphatic carbocycles. The topological polar surface area (TPSA) is 82.2 Å². The fourth-order valence-electron chi connectivity index (χ4n) is 4.91. The Morgan fingerprint density at radius 3 is 2.19 bits per heavy atom. The van der Waals surface area contributed by atoms with Crippen LogP contribution in [-0.4, -0.2) is 94.0 Å². The molecule has 178 valence electrons. The maximum Gasteiger partial charge on any atom is 0.243 e. The van der Waals surface area contributed by atoms with Crippen LogP contribution < -0.4 is 5.32 Å². The lowest BCUT2D eigenvalue weighted by Gasteiger charge is -2.37. The minimum Gasteiger partial charge on any atom is -0.379 e. The number of nitrogens with one attached hydrogen (secondary N) is 1. The van der Waals surface area contributed by atoms with Crippen LogP contribution >= 0.6 is 0 Å². The van der Waals surface area contributed by atoms with E-state index in [-0.39, 0.29) is 10.8 Å². The van der Waals surface area contributed by atoms with Crippen molar-refractivity contribution >= 4 is 21.6 Å². The summed E-state index contributed by atoms with van der Waals surface area (Å²) in [5.41, 5.74) is 0.617. The van der Waals surface area contributed by atoms with Gasteiger partial charge in [0.15, 0.2) is 0 Å². The number of amides is 1. The molecule has 1 saturated carbocycles. The van der Waals surface area contributed by atoms with E-state index in [1.54, 1.807) is 24.3 Å². The molecule has 1 amide bonds. The second-order valence-corrected chi connectivity index (χ2v) is 11.1. The van der Waals surface area contributed by atoms with E-state index < -0.39 is 10.0 Å². The molecule has 0 unspecified atom stereocenters. The van der Waals surface area contributed by atoms with Crippen molar-refractivity contribution < 1.29 is 17.9 Å². The molecule has 32 heavy (non-hydrogen) atoms. The minimum absolute atomic E-state index is 0.0606. The maximum absolute atomic E-state index is 12.7. The lowest BCUT2D eigenvalue weighted by atomic mass is 9.89. The molecule has 4 rings (SSSR count). The van der Waals surface area contributed by atoms with Gasteiger partial charge in [-0.05, 0) is 43.0 Å². The van der Waals surface area contributed by atoms with Gasteiger partial charge in [0.2, 0.25) is 15.9 Å². The highest BCUT2D eigenvalue weighted by Crippen LogP contribution is 2.25. The number of piperazine rings is 1. The van der Waals surface area contributed by atoms with Crippen LogP contribution in [-0.2, 0) is 19.6 Å². The number of ether oxygens (including phenoxy) is 1. The van der Waals surface area contributed by atoms with Gasteiger partial charge in [0.25, 0.3) is 0 Å². The first-order chi connectivity index (χ1) is 15.5. The number of hydrogen-bond acceptors (Lipinski definition) is 6. The Labute approximate surface area is 191 Å². The van der Waals surface area contributed by atoms with Crippen molar-refractivity contribution in [2.24, 2.45) is 5.92 Å². The summed E-state index contributed by atoms with van der Waals surface area (Å²) in [5.74, 6) is 0.795. The summed E-state index contributed by atoms with van der Waals surface area (Å²) in [6.07, 6.45) is 6.89. The Balaban J connectivity index is 1.21. The number of carbonyl (C=O) groups is 1. The van der Waals surface area contributed by atoms with E-state index in [9.17, 15) is 13.2 Å². The van der Waals surface area contributed by atoms with Crippen LogP contribution in [0.3, 0.4) is 0 Å². The van der Waals surface area contributed by atoms with E-state index in [4.69, 9.17) is 4.74 Å². The predicted molar refractivity (Wildman–Crippen MR) is 124 cm³/mol. The molecule has 0 bridgehead atoms. The van der Waals surface area contributed by atoms with Gasteiger partial charge in [-0.3, -0.25) is 9.69 Å². The Bertz CT molecular complexity index is 841. The summed E-state index contributed by atoms with van der Waals surface area (Å²) in [6.45, 7) is 7.03. The molecule has 0 radical (unpaired) electrons. The van der Waals surface area contributed by atoms with Crippen LogP contribution in [0.15, 0.2) is 29.2 Å². The van der Waals surface area contributed by atoms with Crippen LogP contribution in [0.25, 0.3) is 0 Å². The van der Waals surface area contributed by atoms with E-state index in [2.05, 4.69) is 15.1 Å². The van der Waals surface area contributed by atoms with Crippen molar-refractivity contribution in [3.8, 4) is 0 Å². The summed E-state index contributed by atoms with van der Waals surface area (Å²) in [5, 5.41) is 2.90. The summed E-state index contributed by atoms with van der Waals surface area (Å²) in [6, 6.07) is 6.44. The number of rotatable bonds is 7. The van der Waals surface area contributed by atoms with E-state index in [0.717, 1.165) is 32.1 Å². The SMILES string of the molecule is O=C(CN1CCN(CC2CCCCC2)CC1)Nc1ccc(S(=O)(=O)N2CCOCC2)cc1. The number of hydrogen-bond donors (Lipinski definition) is 1. The van der Waals surface area contributed by atoms with Crippen molar-refractivity contribution in [2.75, 3.05) is 70.9 Å². The summed E-state index contributed by atoms with van der Waals surface area (Å²) < 4.78 is 32.1. The highest BCUT2D eigenvalue weighted by Gasteiger charge is 2.26. The second kappa shape index (κ2) is 11.1. The van der Waals surface area contributed by atoms with Gasteiger partial charge in [-0.1, -0.05) is 19.3 Å². The molecule has 1 aromatic rings. The smallest absolute Gasteiger partial charge is 0.243 e. The fraction of sp³-hybridized carbons (Fsp3) is 0.696. The molecule has 1 aromatic carbocycles. The Morgan fingerprint density at radius 1 is 0.906 bits per heavy atom. The lowest BCUT2D eigenvalue weighted by Crippen LogP contribution is -2.49. The van der Waals surface area contributed by atoms with E-state index in [1.807, 2.05) is 0 Å². The monoisotopic (exact) mass is 464 g/mol. The normalized spacial score (nSPS) is 22.6. The number of nitrogens with zero attached hydrogens (tertiary/aromatic N) is 3. The molecule has 2 heterocycles. The van der Waals surface area contributed by atoms with Crippen molar-refractivity contribution in [1.29, 1.82) is 0 Å². The predicted octanol–water partition coefficient (Wildman–Crippen LogP) is 1.84. The maximum atomic E-state index is 12.7. The number of benzene rings is 1. The van der Waals surface area contributed by atoms with Gasteiger partial charge in [-0.2, -0.15) is 4.31 Å². The first kappa shape index (κ1) is 23.6. The average molecular weight is 465 g/mol. The van der Waals surface area contributed by atoms with Crippen LogP contribution in [0.4, 0.5) is 5.69 Å². The molecule has 2 aliphatic heterocycles. The number of anilines is 1. The van der Waals surface area contributed by atoms with Gasteiger partial charge in [-0.15, -0.1) is 0 Å². The zero-order valence-corrected chi connectivity index (χ0v) is 19.7. The van der Waals surface area contributed by atoms with Crippen LogP contribution in [0.1, 0.15) is 32.1 Å². The largest absolute Gasteiger partial charge is 0.379 e. The van der Waals surface area contributed by atoms with Gasteiger partial charge < -0.3 is 15.0 Å². The standard InChI is InChI=1S/C23H36N4O4S/c28-23(19-26-12-10-25(11-13-26)18-20-4-2-1-3-5-20)24-21-6-8-22(9-7-21)32(29,30)27-14-16-31-17-15-27/h6-9,20H,1-5,10-19H2,(H,24,28). The molecule has 2 saturated heterocycles. The highest BCUT2D eigenvalue weighted by atomic mass is 32.2. The van der Waals surface area contributed by atoms with Gasteiger partial charge in [0.1, 0.15) is 0 Å². The lowest BCUT2D eigenvalue weighted by molar-refractivity contribution is -0.117. The molecule has 3 aliphatic rings. The highest BCUT2D eigenvalue weighted by molar-refractivity contribution is 7.89.